The fraction of sp³-hybridized carbons (Fsp3) is 0.143. The molecule has 0 saturated heterocycles. The first-order chi connectivity index (χ1) is 11.5. The number of carbonyl (C=O) groups is 1. The first-order valence-corrected chi connectivity index (χ1v) is 6.98. The molecule has 0 atom stereocenters. The van der Waals surface area contributed by atoms with Crippen molar-refractivity contribution in [3.8, 4) is 0 Å². The lowest BCUT2D eigenvalue weighted by molar-refractivity contribution is -0.394. The molecule has 0 aliphatic heterocycles. The zero-order chi connectivity index (χ0) is 17.1. The van der Waals surface area contributed by atoms with Gasteiger partial charge in [0.05, 0.1) is 17.8 Å². The smallest absolute Gasteiger partial charge is 0.390 e. The number of fused-ring (bicyclic) bond motifs is 1. The van der Waals surface area contributed by atoms with Gasteiger partial charge in [0, 0.05) is 22.2 Å². The lowest BCUT2D eigenvalue weighted by Crippen LogP contribution is -2.20. The van der Waals surface area contributed by atoms with Gasteiger partial charge in [-0.2, -0.15) is 9.78 Å². The Morgan fingerprint density at radius 1 is 1.46 bits per heavy atom. The van der Waals surface area contributed by atoms with Crippen LogP contribution in [0.1, 0.15) is 17.3 Å². The van der Waals surface area contributed by atoms with E-state index >= 15 is 0 Å². The summed E-state index contributed by atoms with van der Waals surface area (Å²) in [6, 6.07) is 7.43. The summed E-state index contributed by atoms with van der Waals surface area (Å²) in [7, 11) is 0. The second-order valence-corrected chi connectivity index (χ2v) is 5.04. The quantitative estimate of drug-likeness (QED) is 0.416. The Morgan fingerprint density at radius 3 is 3.00 bits per heavy atom. The largest absolute Gasteiger partial charge is 0.490 e. The minimum Gasteiger partial charge on any atom is -0.390 e. The van der Waals surface area contributed by atoms with Crippen LogP contribution in [0.2, 0.25) is 0 Å². The Kier molecular flexibility index (Phi) is 4.01. The van der Waals surface area contributed by atoms with Crippen molar-refractivity contribution >= 4 is 28.5 Å². The summed E-state index contributed by atoms with van der Waals surface area (Å²) in [6.45, 7) is 1.85. The van der Waals surface area contributed by atoms with E-state index in [1.165, 1.54) is 11.0 Å². The SMILES string of the molecule is C/C(Cn1cnc([N+](=O)[O-])n1)=N/NC(=O)c1c[nH]c2ccccc12. The molecule has 1 aromatic carbocycles. The molecule has 0 aliphatic rings. The van der Waals surface area contributed by atoms with E-state index in [0.717, 1.165) is 10.9 Å². The van der Waals surface area contributed by atoms with Crippen LogP contribution < -0.4 is 5.43 Å². The van der Waals surface area contributed by atoms with Crippen molar-refractivity contribution in [3.63, 3.8) is 0 Å². The summed E-state index contributed by atoms with van der Waals surface area (Å²) in [5.74, 6) is -0.831. The third-order valence-corrected chi connectivity index (χ3v) is 3.26. The van der Waals surface area contributed by atoms with Crippen LogP contribution >= 0.6 is 0 Å². The van der Waals surface area contributed by atoms with Gasteiger partial charge in [0.25, 0.3) is 5.91 Å². The van der Waals surface area contributed by atoms with Crippen molar-refractivity contribution < 1.29 is 9.72 Å². The average molecular weight is 327 g/mol. The highest BCUT2D eigenvalue weighted by atomic mass is 16.6. The van der Waals surface area contributed by atoms with E-state index in [4.69, 9.17) is 0 Å². The number of H-pyrrole nitrogens is 1. The molecular weight excluding hydrogens is 314 g/mol. The zero-order valence-electron chi connectivity index (χ0n) is 12.6. The Balaban J connectivity index is 1.67. The molecule has 0 spiro atoms. The molecule has 0 fully saturated rings. The van der Waals surface area contributed by atoms with Gasteiger partial charge in [0.15, 0.2) is 0 Å². The summed E-state index contributed by atoms with van der Waals surface area (Å²) in [5.41, 5.74) is 4.32. The maximum atomic E-state index is 12.2. The number of rotatable bonds is 5. The van der Waals surface area contributed by atoms with Crippen LogP contribution in [-0.2, 0) is 6.54 Å². The number of nitro groups is 1. The number of para-hydroxylation sites is 1. The number of amides is 1. The number of hydrogen-bond donors (Lipinski definition) is 2. The maximum absolute atomic E-state index is 12.2. The van der Waals surface area contributed by atoms with Crippen molar-refractivity contribution in [1.82, 2.24) is 25.2 Å². The summed E-state index contributed by atoms with van der Waals surface area (Å²) >= 11 is 0. The number of benzene rings is 1. The molecule has 0 radical (unpaired) electrons. The van der Waals surface area contributed by atoms with Crippen LogP contribution in [0.25, 0.3) is 10.9 Å². The summed E-state index contributed by atoms with van der Waals surface area (Å²) in [6.07, 6.45) is 2.85. The van der Waals surface area contributed by atoms with E-state index in [-0.39, 0.29) is 12.5 Å². The lowest BCUT2D eigenvalue weighted by atomic mass is 10.2. The van der Waals surface area contributed by atoms with Gasteiger partial charge in [0.2, 0.25) is 6.33 Å². The fourth-order valence-corrected chi connectivity index (χ4v) is 2.18. The number of aromatic nitrogens is 4. The number of hydrazone groups is 1. The Labute approximate surface area is 135 Å². The predicted octanol–water partition coefficient (Wildman–Crippen LogP) is 1.47. The van der Waals surface area contributed by atoms with Gasteiger partial charge in [-0.25, -0.2) is 5.43 Å². The first kappa shape index (κ1) is 15.3. The average Bonchev–Trinajstić information content (AvgIpc) is 3.19. The van der Waals surface area contributed by atoms with Crippen molar-refractivity contribution in [2.45, 2.75) is 13.5 Å². The number of carbonyl (C=O) groups excluding carboxylic acids is 1. The molecule has 0 aliphatic carbocycles. The van der Waals surface area contributed by atoms with E-state index in [9.17, 15) is 14.9 Å². The number of nitrogens with one attached hydrogen (secondary N) is 2. The molecule has 10 nitrogen and oxygen atoms in total. The van der Waals surface area contributed by atoms with Gasteiger partial charge in [0.1, 0.15) is 0 Å². The molecule has 2 aromatic heterocycles. The van der Waals surface area contributed by atoms with Gasteiger partial charge in [-0.15, -0.1) is 0 Å². The molecule has 3 rings (SSSR count). The first-order valence-electron chi connectivity index (χ1n) is 6.98. The summed E-state index contributed by atoms with van der Waals surface area (Å²) < 4.78 is 1.27. The van der Waals surface area contributed by atoms with Crippen molar-refractivity contribution in [2.24, 2.45) is 5.10 Å². The summed E-state index contributed by atoms with van der Waals surface area (Å²) in [5, 5.41) is 19.0. The van der Waals surface area contributed by atoms with Gasteiger partial charge >= 0.3 is 5.95 Å². The molecule has 0 unspecified atom stereocenters. The summed E-state index contributed by atoms with van der Waals surface area (Å²) in [4.78, 5) is 28.6. The third kappa shape index (κ3) is 3.11. The monoisotopic (exact) mass is 327 g/mol. The Morgan fingerprint density at radius 2 is 2.25 bits per heavy atom. The Bertz CT molecular complexity index is 941. The highest BCUT2D eigenvalue weighted by Gasteiger charge is 2.14. The number of aromatic amines is 1. The minimum atomic E-state index is -0.679. The van der Waals surface area contributed by atoms with E-state index in [1.54, 1.807) is 13.1 Å². The zero-order valence-corrected chi connectivity index (χ0v) is 12.6. The van der Waals surface area contributed by atoms with Crippen LogP contribution in [0, 0.1) is 10.1 Å². The lowest BCUT2D eigenvalue weighted by Gasteiger charge is -2.01. The van der Waals surface area contributed by atoms with E-state index in [0.29, 0.717) is 11.3 Å². The molecule has 1 amide bonds. The molecule has 0 bridgehead atoms. The minimum absolute atomic E-state index is 0.176. The van der Waals surface area contributed by atoms with Crippen LogP contribution in [0.5, 0.6) is 0 Å². The highest BCUT2D eigenvalue weighted by molar-refractivity contribution is 6.06. The van der Waals surface area contributed by atoms with E-state index in [2.05, 4.69) is 25.6 Å². The van der Waals surface area contributed by atoms with Crippen LogP contribution in [-0.4, -0.2) is 36.3 Å². The van der Waals surface area contributed by atoms with E-state index in [1.807, 2.05) is 24.3 Å². The molecule has 24 heavy (non-hydrogen) atoms. The second kappa shape index (κ2) is 6.28. The second-order valence-electron chi connectivity index (χ2n) is 5.04. The third-order valence-electron chi connectivity index (χ3n) is 3.26. The van der Waals surface area contributed by atoms with Gasteiger partial charge in [-0.05, 0) is 17.9 Å². The molecule has 3 aromatic rings. The molecular formula is C14H13N7O3. The van der Waals surface area contributed by atoms with Crippen LogP contribution in [0.15, 0.2) is 41.9 Å². The van der Waals surface area contributed by atoms with Crippen LogP contribution in [0.3, 0.4) is 0 Å². The molecule has 10 heteroatoms. The maximum Gasteiger partial charge on any atom is 0.490 e. The number of hydrogen-bond acceptors (Lipinski definition) is 6. The van der Waals surface area contributed by atoms with Gasteiger partial charge in [-0.3, -0.25) is 4.79 Å². The number of nitrogens with zero attached hydrogens (tertiary/aromatic N) is 5. The highest BCUT2D eigenvalue weighted by Crippen LogP contribution is 2.17. The van der Waals surface area contributed by atoms with E-state index < -0.39 is 10.9 Å². The fourth-order valence-electron chi connectivity index (χ4n) is 2.18. The molecule has 122 valence electrons. The van der Waals surface area contributed by atoms with Crippen molar-refractivity contribution in [3.05, 3.63) is 52.5 Å². The Hall–Kier alpha value is -3.56. The van der Waals surface area contributed by atoms with Crippen molar-refractivity contribution in [2.75, 3.05) is 0 Å². The molecule has 2 N–H and O–H groups in total. The van der Waals surface area contributed by atoms with Gasteiger partial charge in [-0.1, -0.05) is 23.2 Å². The topological polar surface area (TPSA) is 131 Å². The molecule has 2 heterocycles. The standard InChI is InChI=1S/C14H13N7O3/c1-9(7-20-8-16-14(19-20)21(23)24)17-18-13(22)11-6-15-12-5-3-2-4-10(11)12/h2-6,8,15H,7H2,1H3,(H,18,22)/b17-9-. The molecule has 0 saturated carbocycles. The normalized spacial score (nSPS) is 11.6. The predicted molar refractivity (Wildman–Crippen MR) is 85.6 cm³/mol. The van der Waals surface area contributed by atoms with Gasteiger partial charge < -0.3 is 15.1 Å². The van der Waals surface area contributed by atoms with Crippen molar-refractivity contribution in [1.29, 1.82) is 0 Å². The van der Waals surface area contributed by atoms with Crippen LogP contribution in [0.4, 0.5) is 5.95 Å².